The number of aromatic nitrogens is 2. The van der Waals surface area contributed by atoms with Gasteiger partial charge in [-0.2, -0.15) is 5.10 Å². The van der Waals surface area contributed by atoms with Crippen LogP contribution in [0.3, 0.4) is 0 Å². The van der Waals surface area contributed by atoms with Gasteiger partial charge in [0.05, 0.1) is 17.1 Å². The van der Waals surface area contributed by atoms with E-state index in [4.69, 9.17) is 20.4 Å². The van der Waals surface area contributed by atoms with E-state index >= 15 is 0 Å². The number of nitrogens with zero attached hydrogens (tertiary/aromatic N) is 2. The SMILES string of the molecule is C[Si](C)CCOCn1nccc1-c1ccc(Oc2ccc(NO)c(N)c2)cc1. The minimum atomic E-state index is -0.266. The molecule has 0 amide bonds. The highest BCUT2D eigenvalue weighted by atomic mass is 28.3. The molecule has 0 bridgehead atoms. The molecule has 1 heterocycles. The van der Waals surface area contributed by atoms with Crippen LogP contribution in [-0.4, -0.2) is 30.4 Å². The van der Waals surface area contributed by atoms with Gasteiger partial charge in [-0.1, -0.05) is 13.1 Å². The average Bonchev–Trinajstić information content (AvgIpc) is 3.14. The molecule has 4 N–H and O–H groups in total. The van der Waals surface area contributed by atoms with E-state index in [0.717, 1.165) is 23.9 Å². The molecule has 0 saturated carbocycles. The summed E-state index contributed by atoms with van der Waals surface area (Å²) in [6.07, 6.45) is 1.78. The molecule has 3 rings (SSSR count). The van der Waals surface area contributed by atoms with E-state index in [2.05, 4.69) is 18.2 Å². The third kappa shape index (κ3) is 5.13. The largest absolute Gasteiger partial charge is 0.457 e. The van der Waals surface area contributed by atoms with Gasteiger partial charge < -0.3 is 15.2 Å². The highest BCUT2D eigenvalue weighted by molar-refractivity contribution is 6.55. The second-order valence-corrected chi connectivity index (χ2v) is 9.61. The average molecular weight is 398 g/mol. The van der Waals surface area contributed by atoms with Crippen LogP contribution in [0.2, 0.25) is 19.1 Å². The maximum Gasteiger partial charge on any atom is 0.139 e. The van der Waals surface area contributed by atoms with E-state index in [1.165, 1.54) is 0 Å². The Morgan fingerprint density at radius 1 is 1.11 bits per heavy atom. The molecule has 147 valence electrons. The lowest BCUT2D eigenvalue weighted by Crippen LogP contribution is -2.10. The molecule has 28 heavy (non-hydrogen) atoms. The molecule has 0 unspecified atom stereocenters. The number of nitrogens with two attached hydrogens (primary N) is 1. The van der Waals surface area contributed by atoms with Crippen LogP contribution >= 0.6 is 0 Å². The fourth-order valence-corrected chi connectivity index (χ4v) is 3.20. The van der Waals surface area contributed by atoms with E-state index in [9.17, 15) is 0 Å². The zero-order valence-corrected chi connectivity index (χ0v) is 17.1. The Kier molecular flexibility index (Phi) is 6.69. The summed E-state index contributed by atoms with van der Waals surface area (Å²) >= 11 is 0. The Morgan fingerprint density at radius 3 is 2.54 bits per heavy atom. The lowest BCUT2D eigenvalue weighted by atomic mass is 10.1. The highest BCUT2D eigenvalue weighted by Crippen LogP contribution is 2.29. The molecular formula is C20H25N4O3Si. The molecule has 0 aliphatic heterocycles. The van der Waals surface area contributed by atoms with Crippen LogP contribution in [0.25, 0.3) is 11.3 Å². The molecule has 3 aromatic rings. The lowest BCUT2D eigenvalue weighted by Gasteiger charge is -2.11. The van der Waals surface area contributed by atoms with Crippen molar-refractivity contribution in [2.45, 2.75) is 25.9 Å². The standard InChI is InChI=1S/C20H25N4O3Si/c1-28(2)12-11-26-14-24-20(9-10-22-24)15-3-5-16(6-4-15)27-17-7-8-19(23-25)18(21)13-17/h3-10,13,23,25H,11-12,14,21H2,1-2H3. The number of rotatable bonds is 9. The molecule has 7 nitrogen and oxygen atoms in total. The smallest absolute Gasteiger partial charge is 0.139 e. The summed E-state index contributed by atoms with van der Waals surface area (Å²) in [6, 6.07) is 15.9. The number of hydrogen-bond donors (Lipinski definition) is 3. The number of benzene rings is 2. The molecule has 0 saturated heterocycles. The summed E-state index contributed by atoms with van der Waals surface area (Å²) in [5.41, 5.74) is 10.7. The van der Waals surface area contributed by atoms with Crippen molar-refractivity contribution in [1.82, 2.24) is 9.78 Å². The number of hydrogen-bond acceptors (Lipinski definition) is 6. The van der Waals surface area contributed by atoms with Crippen molar-refractivity contribution in [2.24, 2.45) is 0 Å². The van der Waals surface area contributed by atoms with Crippen LogP contribution in [0, 0.1) is 0 Å². The summed E-state index contributed by atoms with van der Waals surface area (Å²) < 4.78 is 13.4. The zero-order chi connectivity index (χ0) is 19.9. The fraction of sp³-hybridized carbons (Fsp3) is 0.250. The molecule has 0 spiro atoms. The van der Waals surface area contributed by atoms with Crippen LogP contribution in [-0.2, 0) is 11.5 Å². The third-order valence-corrected chi connectivity index (χ3v) is 5.41. The van der Waals surface area contributed by atoms with Crippen molar-refractivity contribution in [3.8, 4) is 22.8 Å². The van der Waals surface area contributed by atoms with Gasteiger partial charge in [0.25, 0.3) is 0 Å². The van der Waals surface area contributed by atoms with Crippen LogP contribution in [0.1, 0.15) is 0 Å². The van der Waals surface area contributed by atoms with Gasteiger partial charge in [-0.25, -0.2) is 4.68 Å². The van der Waals surface area contributed by atoms with E-state index in [-0.39, 0.29) is 8.80 Å². The van der Waals surface area contributed by atoms with Crippen molar-refractivity contribution in [3.05, 3.63) is 54.7 Å². The van der Waals surface area contributed by atoms with Crippen LogP contribution in [0.15, 0.2) is 54.7 Å². The molecule has 2 aromatic carbocycles. The molecule has 0 aliphatic rings. The first-order valence-electron chi connectivity index (χ1n) is 9.03. The van der Waals surface area contributed by atoms with E-state index in [0.29, 0.717) is 29.6 Å². The van der Waals surface area contributed by atoms with Gasteiger partial charge in [-0.3, -0.25) is 10.7 Å². The number of anilines is 2. The van der Waals surface area contributed by atoms with Crippen LogP contribution < -0.4 is 16.0 Å². The molecule has 0 fully saturated rings. The minimum Gasteiger partial charge on any atom is -0.457 e. The summed E-state index contributed by atoms with van der Waals surface area (Å²) in [5.74, 6) is 1.28. The first-order chi connectivity index (χ1) is 13.6. The van der Waals surface area contributed by atoms with Gasteiger partial charge in [0.1, 0.15) is 18.2 Å². The topological polar surface area (TPSA) is 94.6 Å². The number of nitrogens with one attached hydrogen (secondary N) is 1. The van der Waals surface area contributed by atoms with Gasteiger partial charge >= 0.3 is 0 Å². The second-order valence-electron chi connectivity index (χ2n) is 6.70. The number of nitrogen functional groups attached to an aromatic ring is 1. The van der Waals surface area contributed by atoms with E-state index in [1.54, 1.807) is 24.4 Å². The van der Waals surface area contributed by atoms with Crippen molar-refractivity contribution in [1.29, 1.82) is 0 Å². The lowest BCUT2D eigenvalue weighted by molar-refractivity contribution is 0.0801. The number of ether oxygens (including phenoxy) is 2. The predicted molar refractivity (Wildman–Crippen MR) is 112 cm³/mol. The monoisotopic (exact) mass is 397 g/mol. The molecule has 0 aliphatic carbocycles. The minimum absolute atomic E-state index is 0.266. The highest BCUT2D eigenvalue weighted by Gasteiger charge is 2.07. The summed E-state index contributed by atoms with van der Waals surface area (Å²) in [6.45, 7) is 5.77. The summed E-state index contributed by atoms with van der Waals surface area (Å²) in [7, 11) is -0.266. The van der Waals surface area contributed by atoms with Gasteiger partial charge in [0.15, 0.2) is 0 Å². The third-order valence-electron chi connectivity index (χ3n) is 4.21. The maximum absolute atomic E-state index is 8.95. The molecule has 1 radical (unpaired) electrons. The van der Waals surface area contributed by atoms with E-state index < -0.39 is 0 Å². The first kappa shape index (κ1) is 19.9. The van der Waals surface area contributed by atoms with Gasteiger partial charge in [0, 0.05) is 33.2 Å². The van der Waals surface area contributed by atoms with Gasteiger partial charge in [0.2, 0.25) is 0 Å². The normalized spacial score (nSPS) is 11.0. The van der Waals surface area contributed by atoms with Crippen molar-refractivity contribution >= 4 is 20.2 Å². The molecule has 8 heteroatoms. The molecular weight excluding hydrogens is 372 g/mol. The maximum atomic E-state index is 8.95. The Bertz CT molecular complexity index is 897. The van der Waals surface area contributed by atoms with Gasteiger partial charge in [-0.05, 0) is 48.5 Å². The van der Waals surface area contributed by atoms with Crippen LogP contribution in [0.4, 0.5) is 11.4 Å². The van der Waals surface area contributed by atoms with Gasteiger partial charge in [-0.15, -0.1) is 0 Å². The first-order valence-corrected chi connectivity index (χ1v) is 11.7. The quantitative estimate of drug-likeness (QED) is 0.214. The Hall–Kier alpha value is -2.81. The Morgan fingerprint density at radius 2 is 1.86 bits per heavy atom. The molecule has 1 aromatic heterocycles. The van der Waals surface area contributed by atoms with Crippen LogP contribution in [0.5, 0.6) is 11.5 Å². The van der Waals surface area contributed by atoms with Crippen molar-refractivity contribution in [3.63, 3.8) is 0 Å². The zero-order valence-electron chi connectivity index (χ0n) is 16.1. The predicted octanol–water partition coefficient (Wildman–Crippen LogP) is 4.45. The van der Waals surface area contributed by atoms with Crippen molar-refractivity contribution in [2.75, 3.05) is 17.8 Å². The summed E-state index contributed by atoms with van der Waals surface area (Å²) in [4.78, 5) is 0. The second kappa shape index (κ2) is 9.40. The molecule has 0 atom stereocenters. The van der Waals surface area contributed by atoms with E-state index in [1.807, 2.05) is 40.5 Å². The fourth-order valence-electron chi connectivity index (χ4n) is 2.64. The van der Waals surface area contributed by atoms with Crippen molar-refractivity contribution < 1.29 is 14.7 Å². The Labute approximate surface area is 166 Å². The summed E-state index contributed by atoms with van der Waals surface area (Å²) in [5, 5.41) is 13.3. The Balaban J connectivity index is 1.65.